The highest BCUT2D eigenvalue weighted by molar-refractivity contribution is 7.16. The van der Waals surface area contributed by atoms with Crippen molar-refractivity contribution in [1.29, 1.82) is 0 Å². The van der Waals surface area contributed by atoms with E-state index in [9.17, 15) is 9.59 Å². The molecule has 1 amide bonds. The van der Waals surface area contributed by atoms with Crippen LogP contribution in [0.3, 0.4) is 0 Å². The van der Waals surface area contributed by atoms with Gasteiger partial charge in [0.1, 0.15) is 13.2 Å². The van der Waals surface area contributed by atoms with Crippen LogP contribution in [0, 0.1) is 0 Å². The lowest BCUT2D eigenvalue weighted by Crippen LogP contribution is -2.20. The molecule has 0 spiro atoms. The molecule has 0 radical (unpaired) electrons. The molecule has 1 aromatic heterocycles. The summed E-state index contributed by atoms with van der Waals surface area (Å²) in [5.41, 5.74) is 1.74. The molecule has 3 aromatic rings. The van der Waals surface area contributed by atoms with Gasteiger partial charge in [-0.15, -0.1) is 0 Å². The van der Waals surface area contributed by atoms with E-state index < -0.39 is 0 Å². The lowest BCUT2D eigenvalue weighted by Gasteiger charge is -2.18. The van der Waals surface area contributed by atoms with Crippen molar-refractivity contribution in [2.24, 2.45) is 4.99 Å². The molecule has 1 aliphatic heterocycles. The number of fused-ring (bicyclic) bond motifs is 2. The molecule has 2 heterocycles. The van der Waals surface area contributed by atoms with Crippen LogP contribution in [0.15, 0.2) is 41.4 Å². The molecule has 0 bridgehead atoms. The topological polar surface area (TPSA) is 88.4 Å². The van der Waals surface area contributed by atoms with Crippen molar-refractivity contribution in [3.63, 3.8) is 0 Å². The normalized spacial score (nSPS) is 13.4. The number of carbonyl (C=O) groups is 2. The third kappa shape index (κ3) is 4.68. The monoisotopic (exact) mass is 456 g/mol. The molecule has 4 rings (SSSR count). The zero-order valence-electron chi connectivity index (χ0n) is 18.0. The fourth-order valence-electron chi connectivity index (χ4n) is 3.34. The van der Waals surface area contributed by atoms with E-state index >= 15 is 0 Å². The molecule has 168 valence electrons. The molecule has 1 aliphatic rings. The molecule has 2 aromatic carbocycles. The molecule has 0 fully saturated rings. The van der Waals surface area contributed by atoms with Gasteiger partial charge < -0.3 is 23.5 Å². The maximum atomic E-state index is 12.9. The highest BCUT2D eigenvalue weighted by Gasteiger charge is 2.16. The molecule has 0 N–H and O–H groups in total. The van der Waals surface area contributed by atoms with Crippen LogP contribution in [0.5, 0.6) is 11.5 Å². The van der Waals surface area contributed by atoms with E-state index in [1.807, 2.05) is 17.6 Å². The van der Waals surface area contributed by atoms with Crippen LogP contribution >= 0.6 is 11.3 Å². The van der Waals surface area contributed by atoms with Crippen LogP contribution in [-0.2, 0) is 16.0 Å². The average Bonchev–Trinajstić information content (AvgIpc) is 3.15. The summed E-state index contributed by atoms with van der Waals surface area (Å²) in [7, 11) is 0. The summed E-state index contributed by atoms with van der Waals surface area (Å²) >= 11 is 1.34. The van der Waals surface area contributed by atoms with Crippen molar-refractivity contribution in [3.8, 4) is 11.5 Å². The number of hydrogen-bond donors (Lipinski definition) is 0. The van der Waals surface area contributed by atoms with Crippen LogP contribution in [0.25, 0.3) is 10.2 Å². The van der Waals surface area contributed by atoms with Crippen molar-refractivity contribution >= 4 is 33.4 Å². The summed E-state index contributed by atoms with van der Waals surface area (Å²) in [6.07, 6.45) is 0. The second-order valence-electron chi connectivity index (χ2n) is 6.91. The zero-order chi connectivity index (χ0) is 22.5. The molecule has 0 atom stereocenters. The fourth-order valence-corrected chi connectivity index (χ4v) is 4.44. The van der Waals surface area contributed by atoms with Crippen LogP contribution in [0.2, 0.25) is 0 Å². The Bertz CT molecular complexity index is 1210. The highest BCUT2D eigenvalue weighted by atomic mass is 32.1. The summed E-state index contributed by atoms with van der Waals surface area (Å²) in [6, 6.07) is 10.4. The van der Waals surface area contributed by atoms with Gasteiger partial charge in [0.05, 0.1) is 29.0 Å². The van der Waals surface area contributed by atoms with Gasteiger partial charge in [0, 0.05) is 18.7 Å². The number of esters is 1. The number of carbonyl (C=O) groups excluding carboxylic acids is 2. The number of thiazole rings is 1. The van der Waals surface area contributed by atoms with Gasteiger partial charge in [0.2, 0.25) is 0 Å². The first kappa shape index (κ1) is 22.0. The standard InChI is InChI=1S/C23H24N2O6S/c1-3-28-10-9-25-17-7-5-16(22(27)29-4-2)14-20(17)32-23(25)24-21(26)15-6-8-18-19(13-15)31-12-11-30-18/h5-8,13-14H,3-4,9-12H2,1-2H3. The van der Waals surface area contributed by atoms with Crippen molar-refractivity contribution in [2.75, 3.05) is 33.0 Å². The summed E-state index contributed by atoms with van der Waals surface area (Å²) in [5, 5.41) is 0. The predicted octanol–water partition coefficient (Wildman–Crippen LogP) is 3.43. The minimum absolute atomic E-state index is 0.306. The number of rotatable bonds is 7. The van der Waals surface area contributed by atoms with Crippen molar-refractivity contribution in [3.05, 3.63) is 52.3 Å². The summed E-state index contributed by atoms with van der Waals surface area (Å²) in [4.78, 5) is 30.0. The third-order valence-electron chi connectivity index (χ3n) is 4.84. The molecule has 0 saturated carbocycles. The number of nitrogens with zero attached hydrogens (tertiary/aromatic N) is 2. The Morgan fingerprint density at radius 1 is 1.03 bits per heavy atom. The lowest BCUT2D eigenvalue weighted by atomic mass is 10.2. The summed E-state index contributed by atoms with van der Waals surface area (Å²) in [5.74, 6) is 0.392. The molecular formula is C23H24N2O6S. The SMILES string of the molecule is CCOCCn1c(=NC(=O)c2ccc3c(c2)OCCO3)sc2cc(C(=O)OCC)ccc21. The molecule has 0 unspecified atom stereocenters. The Hall–Kier alpha value is -3.17. The van der Waals surface area contributed by atoms with Gasteiger partial charge in [0.15, 0.2) is 16.3 Å². The first-order valence-electron chi connectivity index (χ1n) is 10.5. The Kier molecular flexibility index (Phi) is 6.87. The van der Waals surface area contributed by atoms with Crippen LogP contribution in [0.1, 0.15) is 34.6 Å². The first-order chi connectivity index (χ1) is 15.6. The number of hydrogen-bond acceptors (Lipinski definition) is 7. The Labute approximate surface area is 189 Å². The molecule has 8 nitrogen and oxygen atoms in total. The molecule has 32 heavy (non-hydrogen) atoms. The van der Waals surface area contributed by atoms with Crippen LogP contribution in [0.4, 0.5) is 0 Å². The maximum absolute atomic E-state index is 12.9. The zero-order valence-corrected chi connectivity index (χ0v) is 18.8. The first-order valence-corrected chi connectivity index (χ1v) is 11.3. The Morgan fingerprint density at radius 3 is 2.59 bits per heavy atom. The van der Waals surface area contributed by atoms with E-state index in [2.05, 4.69) is 4.99 Å². The number of benzene rings is 2. The molecule has 0 saturated heterocycles. The van der Waals surface area contributed by atoms with Gasteiger partial charge in [0.25, 0.3) is 5.91 Å². The fraction of sp³-hybridized carbons (Fsp3) is 0.348. The second kappa shape index (κ2) is 9.97. The lowest BCUT2D eigenvalue weighted by molar-refractivity contribution is 0.0526. The minimum atomic E-state index is -0.385. The predicted molar refractivity (Wildman–Crippen MR) is 120 cm³/mol. The van der Waals surface area contributed by atoms with E-state index in [0.29, 0.717) is 67.0 Å². The Balaban J connectivity index is 1.73. The van der Waals surface area contributed by atoms with Gasteiger partial charge in [-0.25, -0.2) is 4.79 Å². The van der Waals surface area contributed by atoms with Gasteiger partial charge in [-0.2, -0.15) is 4.99 Å². The second-order valence-corrected chi connectivity index (χ2v) is 7.92. The van der Waals surface area contributed by atoms with Gasteiger partial charge in [-0.05, 0) is 50.2 Å². The third-order valence-corrected chi connectivity index (χ3v) is 5.88. The van der Waals surface area contributed by atoms with Crippen LogP contribution < -0.4 is 14.3 Å². The number of ether oxygens (including phenoxy) is 4. The molecular weight excluding hydrogens is 432 g/mol. The van der Waals surface area contributed by atoms with Crippen molar-refractivity contribution < 1.29 is 28.5 Å². The Morgan fingerprint density at radius 2 is 1.81 bits per heavy atom. The number of aromatic nitrogens is 1. The van der Waals surface area contributed by atoms with Crippen LogP contribution in [-0.4, -0.2) is 49.5 Å². The minimum Gasteiger partial charge on any atom is -0.486 e. The van der Waals surface area contributed by atoms with E-state index in [1.54, 1.807) is 37.3 Å². The summed E-state index contributed by atoms with van der Waals surface area (Å²) in [6.45, 7) is 6.53. The smallest absolute Gasteiger partial charge is 0.338 e. The largest absolute Gasteiger partial charge is 0.486 e. The van der Waals surface area contributed by atoms with Gasteiger partial charge in [-0.3, -0.25) is 4.79 Å². The van der Waals surface area contributed by atoms with Crippen molar-refractivity contribution in [1.82, 2.24) is 4.57 Å². The highest BCUT2D eigenvalue weighted by Crippen LogP contribution is 2.31. The van der Waals surface area contributed by atoms with Crippen molar-refractivity contribution in [2.45, 2.75) is 20.4 Å². The van der Waals surface area contributed by atoms with Gasteiger partial charge in [-0.1, -0.05) is 11.3 Å². The van der Waals surface area contributed by atoms with Gasteiger partial charge >= 0.3 is 5.97 Å². The maximum Gasteiger partial charge on any atom is 0.338 e. The van der Waals surface area contributed by atoms with E-state index in [0.717, 1.165) is 10.2 Å². The molecule has 9 heteroatoms. The average molecular weight is 457 g/mol. The quantitative estimate of drug-likeness (QED) is 0.400. The van der Waals surface area contributed by atoms with E-state index in [-0.39, 0.29) is 11.9 Å². The summed E-state index contributed by atoms with van der Waals surface area (Å²) < 4.78 is 24.5. The molecule has 0 aliphatic carbocycles. The van der Waals surface area contributed by atoms with E-state index in [1.165, 1.54) is 11.3 Å². The van der Waals surface area contributed by atoms with E-state index in [4.69, 9.17) is 18.9 Å². The number of amides is 1.